The molecule has 3 aromatic heterocycles. The lowest BCUT2D eigenvalue weighted by atomic mass is 9.96. The Morgan fingerprint density at radius 2 is 2.22 bits per heavy atom. The molecule has 0 radical (unpaired) electrons. The zero-order valence-corrected chi connectivity index (χ0v) is 13.9. The summed E-state index contributed by atoms with van der Waals surface area (Å²) in [6.07, 6.45) is 10.6. The van der Waals surface area contributed by atoms with E-state index >= 15 is 0 Å². The number of terminal acetylenes is 1. The summed E-state index contributed by atoms with van der Waals surface area (Å²) < 4.78 is 1.81. The molecule has 0 spiro atoms. The minimum absolute atomic E-state index is 0.0869. The van der Waals surface area contributed by atoms with Crippen molar-refractivity contribution in [1.29, 1.82) is 0 Å². The molecule has 0 aliphatic heterocycles. The molecule has 0 saturated carbocycles. The highest BCUT2D eigenvalue weighted by molar-refractivity contribution is 7.13. The number of thiophene rings is 1. The van der Waals surface area contributed by atoms with Gasteiger partial charge in [0.25, 0.3) is 0 Å². The number of hydrogen-bond acceptors (Lipinski definition) is 4. The average molecular weight is 324 g/mol. The van der Waals surface area contributed by atoms with Crippen LogP contribution in [0.3, 0.4) is 0 Å². The Kier molecular flexibility index (Phi) is 3.66. The molecule has 0 atom stereocenters. The topological polar surface area (TPSA) is 59.3 Å². The standard InChI is InChI=1S/C17H16N4OS/c1-5-11-6-9-23-14(11)13-15(20-16(22)17(2,3)4)21-8-7-18-10-12(21)19-13/h1,6-10H,2-4H3,(H,20,22). The van der Waals surface area contributed by atoms with Gasteiger partial charge in [0.1, 0.15) is 11.5 Å². The molecule has 23 heavy (non-hydrogen) atoms. The molecule has 1 amide bonds. The fourth-order valence-electron chi connectivity index (χ4n) is 2.09. The smallest absolute Gasteiger partial charge is 0.230 e. The molecule has 0 unspecified atom stereocenters. The molecule has 0 aromatic carbocycles. The largest absolute Gasteiger partial charge is 0.309 e. The summed E-state index contributed by atoms with van der Waals surface area (Å²) >= 11 is 1.50. The van der Waals surface area contributed by atoms with Gasteiger partial charge in [-0.2, -0.15) is 0 Å². The van der Waals surface area contributed by atoms with Gasteiger partial charge in [-0.25, -0.2) is 4.98 Å². The van der Waals surface area contributed by atoms with Crippen LogP contribution in [0.1, 0.15) is 26.3 Å². The molecule has 0 bridgehead atoms. The van der Waals surface area contributed by atoms with E-state index in [-0.39, 0.29) is 5.91 Å². The second-order valence-corrected chi connectivity index (χ2v) is 7.04. The van der Waals surface area contributed by atoms with E-state index in [0.717, 1.165) is 10.4 Å². The first-order valence-corrected chi connectivity index (χ1v) is 7.98. The summed E-state index contributed by atoms with van der Waals surface area (Å²) in [5.41, 5.74) is 1.57. The Labute approximate surface area is 138 Å². The number of amides is 1. The highest BCUT2D eigenvalue weighted by atomic mass is 32.1. The maximum absolute atomic E-state index is 12.4. The van der Waals surface area contributed by atoms with E-state index < -0.39 is 5.41 Å². The second-order valence-electron chi connectivity index (χ2n) is 6.13. The molecule has 1 N–H and O–H groups in total. The van der Waals surface area contributed by atoms with Crippen molar-refractivity contribution in [2.45, 2.75) is 20.8 Å². The van der Waals surface area contributed by atoms with Crippen molar-refractivity contribution in [1.82, 2.24) is 14.4 Å². The fourth-order valence-corrected chi connectivity index (χ4v) is 2.93. The van der Waals surface area contributed by atoms with E-state index in [2.05, 4.69) is 21.2 Å². The van der Waals surface area contributed by atoms with Crippen LogP contribution in [0.15, 0.2) is 30.0 Å². The number of anilines is 1. The molecule has 0 saturated heterocycles. The van der Waals surface area contributed by atoms with Gasteiger partial charge in [-0.05, 0) is 11.4 Å². The van der Waals surface area contributed by atoms with Gasteiger partial charge in [-0.1, -0.05) is 26.7 Å². The second kappa shape index (κ2) is 5.52. The van der Waals surface area contributed by atoms with E-state index in [1.807, 2.05) is 36.6 Å². The van der Waals surface area contributed by atoms with Crippen LogP contribution in [0.5, 0.6) is 0 Å². The predicted molar refractivity (Wildman–Crippen MR) is 92.3 cm³/mol. The number of rotatable bonds is 2. The number of hydrogen-bond donors (Lipinski definition) is 1. The van der Waals surface area contributed by atoms with Crippen molar-refractivity contribution in [3.8, 4) is 22.9 Å². The number of aromatic nitrogens is 3. The van der Waals surface area contributed by atoms with E-state index in [1.165, 1.54) is 11.3 Å². The summed E-state index contributed by atoms with van der Waals surface area (Å²) in [7, 11) is 0. The van der Waals surface area contributed by atoms with E-state index in [9.17, 15) is 4.79 Å². The van der Waals surface area contributed by atoms with Gasteiger partial charge in [0.15, 0.2) is 5.65 Å². The SMILES string of the molecule is C#Cc1ccsc1-c1nc2cnccn2c1NC(=O)C(C)(C)C. The number of carbonyl (C=O) groups is 1. The summed E-state index contributed by atoms with van der Waals surface area (Å²) in [4.78, 5) is 22.0. The van der Waals surface area contributed by atoms with Crippen molar-refractivity contribution >= 4 is 28.7 Å². The molecule has 0 fully saturated rings. The van der Waals surface area contributed by atoms with Gasteiger partial charge >= 0.3 is 0 Å². The van der Waals surface area contributed by atoms with Gasteiger partial charge in [0.2, 0.25) is 5.91 Å². The van der Waals surface area contributed by atoms with Gasteiger partial charge in [0.05, 0.1) is 11.1 Å². The van der Waals surface area contributed by atoms with Gasteiger partial charge in [-0.15, -0.1) is 17.8 Å². The molecule has 6 heteroatoms. The Hall–Kier alpha value is -2.65. The molecule has 0 aliphatic carbocycles. The third-order valence-electron chi connectivity index (χ3n) is 3.38. The molecule has 3 rings (SSSR count). The normalized spacial score (nSPS) is 11.4. The third-order valence-corrected chi connectivity index (χ3v) is 4.30. The molecule has 3 heterocycles. The lowest BCUT2D eigenvalue weighted by Gasteiger charge is -2.18. The van der Waals surface area contributed by atoms with Crippen molar-refractivity contribution in [3.05, 3.63) is 35.6 Å². The lowest BCUT2D eigenvalue weighted by Crippen LogP contribution is -2.28. The number of carbonyl (C=O) groups excluding carboxylic acids is 1. The molecule has 5 nitrogen and oxygen atoms in total. The quantitative estimate of drug-likeness (QED) is 0.735. The Balaban J connectivity index is 2.20. The van der Waals surface area contributed by atoms with Crippen LogP contribution in [0.2, 0.25) is 0 Å². The van der Waals surface area contributed by atoms with Gasteiger partial charge in [-0.3, -0.25) is 14.2 Å². The Bertz CT molecular complexity index is 924. The van der Waals surface area contributed by atoms with Crippen LogP contribution in [0.4, 0.5) is 5.82 Å². The molecule has 0 aliphatic rings. The van der Waals surface area contributed by atoms with Crippen molar-refractivity contribution in [2.75, 3.05) is 5.32 Å². The zero-order chi connectivity index (χ0) is 16.6. The van der Waals surface area contributed by atoms with E-state index in [0.29, 0.717) is 17.2 Å². The minimum Gasteiger partial charge on any atom is -0.309 e. The molecular weight excluding hydrogens is 308 g/mol. The van der Waals surface area contributed by atoms with Crippen molar-refractivity contribution in [3.63, 3.8) is 0 Å². The number of imidazole rings is 1. The van der Waals surface area contributed by atoms with Gasteiger partial charge in [0, 0.05) is 23.4 Å². The number of nitrogens with zero attached hydrogens (tertiary/aromatic N) is 3. The summed E-state index contributed by atoms with van der Waals surface area (Å²) in [5.74, 6) is 3.19. The van der Waals surface area contributed by atoms with E-state index in [4.69, 9.17) is 6.42 Å². The van der Waals surface area contributed by atoms with Crippen molar-refractivity contribution in [2.24, 2.45) is 5.41 Å². The van der Waals surface area contributed by atoms with Crippen LogP contribution in [0.25, 0.3) is 16.2 Å². The number of fused-ring (bicyclic) bond motifs is 1. The van der Waals surface area contributed by atoms with Crippen LogP contribution in [0, 0.1) is 17.8 Å². The highest BCUT2D eigenvalue weighted by Crippen LogP contribution is 2.35. The van der Waals surface area contributed by atoms with Crippen LogP contribution < -0.4 is 5.32 Å². The summed E-state index contributed by atoms with van der Waals surface area (Å²) in [5, 5.41) is 4.90. The van der Waals surface area contributed by atoms with Crippen LogP contribution in [-0.2, 0) is 4.79 Å². The summed E-state index contributed by atoms with van der Waals surface area (Å²) in [6.45, 7) is 5.60. The molecule has 3 aromatic rings. The fraction of sp³-hybridized carbons (Fsp3) is 0.235. The minimum atomic E-state index is -0.515. The Morgan fingerprint density at radius 1 is 1.43 bits per heavy atom. The average Bonchev–Trinajstić information content (AvgIpc) is 3.10. The molecule has 116 valence electrons. The third kappa shape index (κ3) is 2.71. The zero-order valence-electron chi connectivity index (χ0n) is 13.1. The lowest BCUT2D eigenvalue weighted by molar-refractivity contribution is -0.123. The molecular formula is C17H16N4OS. The Morgan fingerprint density at radius 3 is 2.91 bits per heavy atom. The van der Waals surface area contributed by atoms with Crippen molar-refractivity contribution < 1.29 is 4.79 Å². The van der Waals surface area contributed by atoms with Crippen LogP contribution >= 0.6 is 11.3 Å². The maximum atomic E-state index is 12.4. The first kappa shape index (κ1) is 15.3. The van der Waals surface area contributed by atoms with E-state index in [1.54, 1.807) is 18.6 Å². The first-order chi connectivity index (χ1) is 10.9. The highest BCUT2D eigenvalue weighted by Gasteiger charge is 2.25. The monoisotopic (exact) mass is 324 g/mol. The number of nitrogens with one attached hydrogen (secondary N) is 1. The summed E-state index contributed by atoms with van der Waals surface area (Å²) in [6, 6.07) is 1.87. The van der Waals surface area contributed by atoms with Crippen LogP contribution in [-0.4, -0.2) is 20.3 Å². The predicted octanol–water partition coefficient (Wildman–Crippen LogP) is 3.42. The van der Waals surface area contributed by atoms with Gasteiger partial charge < -0.3 is 5.32 Å². The maximum Gasteiger partial charge on any atom is 0.230 e. The first-order valence-electron chi connectivity index (χ1n) is 7.10.